The monoisotopic (exact) mass is 605 g/mol. The van der Waals surface area contributed by atoms with Crippen molar-refractivity contribution in [2.75, 3.05) is 25.1 Å². The first-order chi connectivity index (χ1) is 22.6. The molecule has 5 aromatic rings. The number of hydrogen-bond acceptors (Lipinski definition) is 3. The van der Waals surface area contributed by atoms with Crippen LogP contribution in [-0.4, -0.2) is 20.2 Å². The predicted molar refractivity (Wildman–Crippen MR) is 191 cm³/mol. The Balaban J connectivity index is 1.35. The summed E-state index contributed by atoms with van der Waals surface area (Å²) in [6, 6.07) is 35.5. The molecule has 1 aliphatic carbocycles. The highest BCUT2D eigenvalue weighted by atomic mass is 16.5. The molecule has 0 spiro atoms. The molecule has 0 aromatic heterocycles. The van der Waals surface area contributed by atoms with E-state index in [1.807, 2.05) is 12.1 Å². The molecule has 232 valence electrons. The molecule has 3 nitrogen and oxygen atoms in total. The molecule has 1 saturated heterocycles. The molecule has 1 unspecified atom stereocenters. The third kappa shape index (κ3) is 4.24. The summed E-state index contributed by atoms with van der Waals surface area (Å²) < 4.78 is 13.1. The van der Waals surface area contributed by atoms with Gasteiger partial charge >= 0.3 is 0 Å². The van der Waals surface area contributed by atoms with E-state index in [4.69, 9.17) is 9.47 Å². The Morgan fingerprint density at radius 1 is 0.717 bits per heavy atom. The number of anilines is 1. The number of methoxy groups -OCH3 is 1. The molecule has 3 aliphatic rings. The summed E-state index contributed by atoms with van der Waals surface area (Å²) in [4.78, 5) is 2.55. The van der Waals surface area contributed by atoms with E-state index in [1.165, 1.54) is 64.6 Å². The average molecular weight is 606 g/mol. The molecule has 2 heterocycles. The molecule has 0 N–H and O–H groups in total. The van der Waals surface area contributed by atoms with E-state index in [9.17, 15) is 0 Å². The van der Waals surface area contributed by atoms with Crippen molar-refractivity contribution in [3.63, 3.8) is 0 Å². The lowest BCUT2D eigenvalue weighted by Crippen LogP contribution is -2.35. The highest BCUT2D eigenvalue weighted by molar-refractivity contribution is 6.08. The predicted octanol–water partition coefficient (Wildman–Crippen LogP) is 10.7. The van der Waals surface area contributed by atoms with Gasteiger partial charge in [-0.15, -0.1) is 0 Å². The zero-order valence-electron chi connectivity index (χ0n) is 27.3. The molecule has 0 saturated carbocycles. The molecule has 0 bridgehead atoms. The zero-order chi connectivity index (χ0) is 31.3. The number of fused-ring (bicyclic) bond motifs is 8. The Bertz CT molecular complexity index is 1930. The van der Waals surface area contributed by atoms with Crippen molar-refractivity contribution < 1.29 is 9.47 Å². The number of nitrogens with zero attached hydrogens (tertiary/aromatic N) is 1. The Morgan fingerprint density at radius 2 is 1.35 bits per heavy atom. The van der Waals surface area contributed by atoms with Gasteiger partial charge in [-0.25, -0.2) is 0 Å². The average Bonchev–Trinajstić information content (AvgIpc) is 3.23. The van der Waals surface area contributed by atoms with Gasteiger partial charge in [-0.2, -0.15) is 0 Å². The van der Waals surface area contributed by atoms with Crippen molar-refractivity contribution >= 4 is 22.5 Å². The maximum absolute atomic E-state index is 7.55. The summed E-state index contributed by atoms with van der Waals surface area (Å²) >= 11 is 0. The maximum atomic E-state index is 7.55. The lowest BCUT2D eigenvalue weighted by Gasteiger charge is -2.39. The summed E-state index contributed by atoms with van der Waals surface area (Å²) in [5.41, 5.74) is 9.48. The van der Waals surface area contributed by atoms with E-state index < -0.39 is 5.60 Å². The van der Waals surface area contributed by atoms with Crippen LogP contribution in [0.15, 0.2) is 103 Å². The SMILES string of the molecule is CCC1(CC)c2ccccc2-c2c1c1c(c3ccccc23)OC(c2ccc(OC)cc2)(c2ccc(N3CCCCCC3)cc2)C=C1. The lowest BCUT2D eigenvalue weighted by atomic mass is 9.71. The third-order valence-corrected chi connectivity index (χ3v) is 11.1. The minimum absolute atomic E-state index is 0.0668. The van der Waals surface area contributed by atoms with E-state index in [2.05, 4.69) is 116 Å². The van der Waals surface area contributed by atoms with Gasteiger partial charge in [-0.1, -0.05) is 106 Å². The zero-order valence-corrected chi connectivity index (χ0v) is 27.3. The van der Waals surface area contributed by atoms with Crippen LogP contribution in [0.5, 0.6) is 11.5 Å². The maximum Gasteiger partial charge on any atom is 0.178 e. The second-order valence-corrected chi connectivity index (χ2v) is 13.2. The van der Waals surface area contributed by atoms with E-state index in [-0.39, 0.29) is 5.41 Å². The van der Waals surface area contributed by atoms with Gasteiger partial charge in [0.1, 0.15) is 11.5 Å². The molecule has 0 amide bonds. The van der Waals surface area contributed by atoms with Crippen molar-refractivity contribution in [3.8, 4) is 22.6 Å². The fraction of sp³-hybridized carbons (Fsp3) is 0.302. The smallest absolute Gasteiger partial charge is 0.178 e. The van der Waals surface area contributed by atoms with Gasteiger partial charge in [-0.3, -0.25) is 0 Å². The van der Waals surface area contributed by atoms with Crippen molar-refractivity contribution in [1.82, 2.24) is 0 Å². The van der Waals surface area contributed by atoms with E-state index in [1.54, 1.807) is 7.11 Å². The molecule has 46 heavy (non-hydrogen) atoms. The van der Waals surface area contributed by atoms with Gasteiger partial charge in [-0.05, 0) is 83.7 Å². The fourth-order valence-corrected chi connectivity index (χ4v) is 8.67. The first-order valence-electron chi connectivity index (χ1n) is 17.2. The Morgan fingerprint density at radius 3 is 2.02 bits per heavy atom. The molecule has 8 rings (SSSR count). The van der Waals surface area contributed by atoms with E-state index >= 15 is 0 Å². The number of hydrogen-bond donors (Lipinski definition) is 0. The molecule has 3 heteroatoms. The third-order valence-electron chi connectivity index (χ3n) is 11.1. The first kappa shape index (κ1) is 28.9. The standard InChI is InChI=1S/C43H43NO2/c1-4-42(5-2)38-17-11-10-16-36(38)39-34-14-8-9-15-35(34)41-37(40(39)42)26-27-43(46-41,31-20-24-33(45-3)25-21-31)30-18-22-32(23-19-30)44-28-12-6-7-13-29-44/h8-11,14-27H,4-7,12-13,28-29H2,1-3H3. The summed E-state index contributed by atoms with van der Waals surface area (Å²) in [6.07, 6.45) is 11.9. The Kier molecular flexibility index (Phi) is 7.16. The van der Waals surface area contributed by atoms with Crippen LogP contribution in [0, 0.1) is 0 Å². The van der Waals surface area contributed by atoms with Crippen LogP contribution < -0.4 is 14.4 Å². The van der Waals surface area contributed by atoms with Crippen molar-refractivity contribution in [2.24, 2.45) is 0 Å². The van der Waals surface area contributed by atoms with Crippen molar-refractivity contribution in [3.05, 3.63) is 131 Å². The van der Waals surface area contributed by atoms with Gasteiger partial charge in [0.05, 0.1) is 7.11 Å². The van der Waals surface area contributed by atoms with Gasteiger partial charge in [0.15, 0.2) is 5.60 Å². The van der Waals surface area contributed by atoms with Gasteiger partial charge in [0.2, 0.25) is 0 Å². The van der Waals surface area contributed by atoms with Gasteiger partial charge < -0.3 is 14.4 Å². The largest absolute Gasteiger partial charge is 0.497 e. The summed E-state index contributed by atoms with van der Waals surface area (Å²) in [5, 5.41) is 2.43. The molecular formula is C43H43NO2. The van der Waals surface area contributed by atoms with Crippen LogP contribution in [0.3, 0.4) is 0 Å². The molecular weight excluding hydrogens is 562 g/mol. The number of rotatable bonds is 6. The first-order valence-corrected chi connectivity index (χ1v) is 17.2. The molecule has 1 fully saturated rings. The summed E-state index contributed by atoms with van der Waals surface area (Å²) in [6.45, 7) is 6.95. The highest BCUT2D eigenvalue weighted by Gasteiger charge is 2.46. The van der Waals surface area contributed by atoms with Crippen LogP contribution in [0.1, 0.15) is 80.2 Å². The van der Waals surface area contributed by atoms with Crippen LogP contribution in [0.25, 0.3) is 28.0 Å². The Labute approximate surface area is 273 Å². The normalized spacial score (nSPS) is 19.6. The van der Waals surface area contributed by atoms with E-state index in [0.29, 0.717) is 0 Å². The van der Waals surface area contributed by atoms with Crippen molar-refractivity contribution in [1.29, 1.82) is 0 Å². The summed E-state index contributed by atoms with van der Waals surface area (Å²) in [7, 11) is 1.72. The minimum Gasteiger partial charge on any atom is -0.497 e. The van der Waals surface area contributed by atoms with Crippen LogP contribution in [0.4, 0.5) is 5.69 Å². The molecule has 5 aromatic carbocycles. The van der Waals surface area contributed by atoms with Crippen LogP contribution in [-0.2, 0) is 11.0 Å². The Hall–Kier alpha value is -4.50. The van der Waals surface area contributed by atoms with Gasteiger partial charge in [0.25, 0.3) is 0 Å². The van der Waals surface area contributed by atoms with Crippen molar-refractivity contribution in [2.45, 2.75) is 63.4 Å². The second-order valence-electron chi connectivity index (χ2n) is 13.2. The van der Waals surface area contributed by atoms with Gasteiger partial charge in [0, 0.05) is 46.3 Å². The molecule has 2 aliphatic heterocycles. The van der Waals surface area contributed by atoms with Crippen LogP contribution >= 0.6 is 0 Å². The quantitative estimate of drug-likeness (QED) is 0.192. The summed E-state index contributed by atoms with van der Waals surface area (Å²) in [5.74, 6) is 1.82. The van der Waals surface area contributed by atoms with E-state index in [0.717, 1.165) is 53.9 Å². The minimum atomic E-state index is -0.792. The topological polar surface area (TPSA) is 21.7 Å². The number of benzene rings is 5. The molecule has 1 atom stereocenters. The fourth-order valence-electron chi connectivity index (χ4n) is 8.67. The second kappa shape index (κ2) is 11.4. The van der Waals surface area contributed by atoms with Crippen LogP contribution in [0.2, 0.25) is 0 Å². The lowest BCUT2D eigenvalue weighted by molar-refractivity contribution is 0.163. The molecule has 0 radical (unpaired) electrons. The number of ether oxygens (including phenoxy) is 2. The highest BCUT2D eigenvalue weighted by Crippen LogP contribution is 2.60.